The molecule has 0 saturated carbocycles. The number of carbonyl (C=O) groups is 1. The first kappa shape index (κ1) is 21.1. The highest BCUT2D eigenvalue weighted by atomic mass is 16.1. The van der Waals surface area contributed by atoms with Crippen LogP contribution in [0.25, 0.3) is 17.2 Å². The molecule has 168 valence electrons. The minimum atomic E-state index is -0.508. The molecule has 0 fully saturated rings. The maximum absolute atomic E-state index is 11.9. The Morgan fingerprint density at radius 1 is 1.12 bits per heavy atom. The third-order valence-electron chi connectivity index (χ3n) is 6.08. The number of fused-ring (bicyclic) bond motifs is 2. The molecule has 5 rings (SSSR count). The quantitative estimate of drug-likeness (QED) is 0.493. The fraction of sp³-hybridized carbons (Fsp3) is 0.280. The normalized spacial score (nSPS) is 14.1. The molecule has 0 saturated heterocycles. The first-order chi connectivity index (χ1) is 16.0. The van der Waals surface area contributed by atoms with Crippen molar-refractivity contribution in [2.45, 2.75) is 32.9 Å². The van der Waals surface area contributed by atoms with E-state index in [-0.39, 0.29) is 0 Å². The molecular formula is C25H27N7O. The molecule has 0 radical (unpaired) electrons. The van der Waals surface area contributed by atoms with Crippen LogP contribution in [0.5, 0.6) is 0 Å². The SMILES string of the molecule is Cc1nc2c(C(N)=O)cccn2c1-c1nc2c(c(NCc3ccccc3)n1)CCCN(C)C2. The molecule has 8 nitrogen and oxygen atoms in total. The third kappa shape index (κ3) is 4.05. The van der Waals surface area contributed by atoms with Gasteiger partial charge in [0.25, 0.3) is 5.91 Å². The van der Waals surface area contributed by atoms with Gasteiger partial charge in [-0.15, -0.1) is 0 Å². The van der Waals surface area contributed by atoms with Gasteiger partial charge in [-0.05, 0) is 51.1 Å². The molecular weight excluding hydrogens is 414 g/mol. The van der Waals surface area contributed by atoms with Gasteiger partial charge in [-0.3, -0.25) is 9.20 Å². The fourth-order valence-electron chi connectivity index (χ4n) is 4.46. The monoisotopic (exact) mass is 441 g/mol. The number of amides is 1. The second-order valence-electron chi connectivity index (χ2n) is 8.53. The summed E-state index contributed by atoms with van der Waals surface area (Å²) in [4.78, 5) is 28.8. The maximum Gasteiger partial charge on any atom is 0.252 e. The number of rotatable bonds is 5. The Labute approximate surface area is 192 Å². The first-order valence-corrected chi connectivity index (χ1v) is 11.1. The molecule has 1 amide bonds. The van der Waals surface area contributed by atoms with Crippen LogP contribution in [0.1, 0.15) is 39.3 Å². The number of nitrogens with two attached hydrogens (primary N) is 1. The Kier molecular flexibility index (Phi) is 5.51. The lowest BCUT2D eigenvalue weighted by molar-refractivity contribution is 0.100. The Morgan fingerprint density at radius 3 is 2.73 bits per heavy atom. The number of hydrogen-bond donors (Lipinski definition) is 2. The molecule has 1 aliphatic heterocycles. The zero-order valence-corrected chi connectivity index (χ0v) is 18.9. The number of anilines is 1. The maximum atomic E-state index is 11.9. The fourth-order valence-corrected chi connectivity index (χ4v) is 4.46. The van der Waals surface area contributed by atoms with Gasteiger partial charge in [0.2, 0.25) is 0 Å². The van der Waals surface area contributed by atoms with Crippen molar-refractivity contribution in [3.63, 3.8) is 0 Å². The number of primary amides is 1. The Bertz CT molecular complexity index is 1330. The van der Waals surface area contributed by atoms with Gasteiger partial charge in [-0.2, -0.15) is 0 Å². The second kappa shape index (κ2) is 8.63. The van der Waals surface area contributed by atoms with E-state index in [0.29, 0.717) is 23.6 Å². The minimum absolute atomic E-state index is 0.378. The van der Waals surface area contributed by atoms with Crippen LogP contribution in [0, 0.1) is 6.92 Å². The van der Waals surface area contributed by atoms with Gasteiger partial charge in [0.15, 0.2) is 5.82 Å². The van der Waals surface area contributed by atoms with E-state index in [9.17, 15) is 4.79 Å². The summed E-state index contributed by atoms with van der Waals surface area (Å²) in [6, 6.07) is 13.8. The third-order valence-corrected chi connectivity index (χ3v) is 6.08. The predicted molar refractivity (Wildman–Crippen MR) is 128 cm³/mol. The molecule has 1 aromatic carbocycles. The summed E-state index contributed by atoms with van der Waals surface area (Å²) in [7, 11) is 2.12. The van der Waals surface area contributed by atoms with Crippen molar-refractivity contribution in [1.29, 1.82) is 0 Å². The van der Waals surface area contributed by atoms with E-state index in [0.717, 1.165) is 48.8 Å². The van der Waals surface area contributed by atoms with E-state index >= 15 is 0 Å². The van der Waals surface area contributed by atoms with Gasteiger partial charge in [0.1, 0.15) is 17.2 Å². The Balaban J connectivity index is 1.65. The summed E-state index contributed by atoms with van der Waals surface area (Å²) in [5.41, 5.74) is 11.4. The van der Waals surface area contributed by atoms with Crippen LogP contribution in [-0.4, -0.2) is 43.8 Å². The lowest BCUT2D eigenvalue weighted by atomic mass is 10.1. The zero-order chi connectivity index (χ0) is 22.9. The van der Waals surface area contributed by atoms with Crippen LogP contribution in [-0.2, 0) is 19.5 Å². The van der Waals surface area contributed by atoms with E-state index in [1.807, 2.05) is 35.7 Å². The highest BCUT2D eigenvalue weighted by Gasteiger charge is 2.23. The van der Waals surface area contributed by atoms with Gasteiger partial charge >= 0.3 is 0 Å². The number of imidazole rings is 1. The van der Waals surface area contributed by atoms with Crippen LogP contribution in [0.4, 0.5) is 5.82 Å². The molecule has 4 heterocycles. The summed E-state index contributed by atoms with van der Waals surface area (Å²) in [5.74, 6) is 0.938. The van der Waals surface area contributed by atoms with Gasteiger partial charge in [-0.1, -0.05) is 30.3 Å². The van der Waals surface area contributed by atoms with E-state index < -0.39 is 5.91 Å². The number of benzene rings is 1. The number of aryl methyl sites for hydroxylation is 1. The Hall–Kier alpha value is -3.78. The second-order valence-corrected chi connectivity index (χ2v) is 8.53. The van der Waals surface area contributed by atoms with Crippen LogP contribution < -0.4 is 11.1 Å². The van der Waals surface area contributed by atoms with Crippen molar-refractivity contribution in [3.8, 4) is 11.5 Å². The van der Waals surface area contributed by atoms with E-state index in [4.69, 9.17) is 15.7 Å². The number of nitrogens with one attached hydrogen (secondary N) is 1. The van der Waals surface area contributed by atoms with Gasteiger partial charge < -0.3 is 16.0 Å². The lowest BCUT2D eigenvalue weighted by Gasteiger charge is -2.17. The molecule has 4 aromatic rings. The van der Waals surface area contributed by atoms with Crippen LogP contribution in [0.15, 0.2) is 48.7 Å². The summed E-state index contributed by atoms with van der Waals surface area (Å²) in [6.07, 6.45) is 3.85. The Morgan fingerprint density at radius 2 is 1.94 bits per heavy atom. The summed E-state index contributed by atoms with van der Waals surface area (Å²) in [6.45, 7) is 4.36. The smallest absolute Gasteiger partial charge is 0.252 e. The largest absolute Gasteiger partial charge is 0.366 e. The predicted octanol–water partition coefficient (Wildman–Crippen LogP) is 3.19. The van der Waals surface area contributed by atoms with Crippen LogP contribution >= 0.6 is 0 Å². The molecule has 3 aromatic heterocycles. The number of carbonyl (C=O) groups excluding carboxylic acids is 1. The van der Waals surface area contributed by atoms with Gasteiger partial charge in [-0.25, -0.2) is 15.0 Å². The molecule has 8 heteroatoms. The van der Waals surface area contributed by atoms with Gasteiger partial charge in [0, 0.05) is 24.8 Å². The average Bonchev–Trinajstić information content (AvgIpc) is 3.02. The number of nitrogens with zero attached hydrogens (tertiary/aromatic N) is 5. The van der Waals surface area contributed by atoms with Crippen molar-refractivity contribution in [1.82, 2.24) is 24.3 Å². The molecule has 3 N–H and O–H groups in total. The molecule has 0 unspecified atom stereocenters. The molecule has 0 spiro atoms. The minimum Gasteiger partial charge on any atom is -0.366 e. The van der Waals surface area contributed by atoms with Crippen molar-refractivity contribution in [2.24, 2.45) is 5.73 Å². The molecule has 0 bridgehead atoms. The zero-order valence-electron chi connectivity index (χ0n) is 18.9. The average molecular weight is 442 g/mol. The van der Waals surface area contributed by atoms with Crippen LogP contribution in [0.3, 0.4) is 0 Å². The van der Waals surface area contributed by atoms with Crippen molar-refractivity contribution >= 4 is 17.4 Å². The number of hydrogen-bond acceptors (Lipinski definition) is 6. The molecule has 1 aliphatic rings. The van der Waals surface area contributed by atoms with Crippen LogP contribution in [0.2, 0.25) is 0 Å². The summed E-state index contributed by atoms with van der Waals surface area (Å²) >= 11 is 0. The van der Waals surface area contributed by atoms with E-state index in [1.54, 1.807) is 12.1 Å². The van der Waals surface area contributed by atoms with Crippen molar-refractivity contribution < 1.29 is 4.79 Å². The topological polar surface area (TPSA) is 101 Å². The lowest BCUT2D eigenvalue weighted by Crippen LogP contribution is -2.18. The van der Waals surface area contributed by atoms with E-state index in [2.05, 4.69) is 34.4 Å². The number of pyridine rings is 1. The van der Waals surface area contributed by atoms with Crippen molar-refractivity contribution in [2.75, 3.05) is 18.9 Å². The molecule has 0 aliphatic carbocycles. The molecule has 0 atom stereocenters. The highest BCUT2D eigenvalue weighted by Crippen LogP contribution is 2.29. The van der Waals surface area contributed by atoms with Crippen molar-refractivity contribution in [3.05, 3.63) is 76.7 Å². The van der Waals surface area contributed by atoms with E-state index in [1.165, 1.54) is 11.1 Å². The summed E-state index contributed by atoms with van der Waals surface area (Å²) in [5, 5.41) is 3.56. The highest BCUT2D eigenvalue weighted by molar-refractivity contribution is 5.99. The van der Waals surface area contributed by atoms with Gasteiger partial charge in [0.05, 0.1) is 17.0 Å². The first-order valence-electron chi connectivity index (χ1n) is 11.1. The molecule has 33 heavy (non-hydrogen) atoms. The summed E-state index contributed by atoms with van der Waals surface area (Å²) < 4.78 is 1.86. The number of aromatic nitrogens is 4. The standard InChI is InChI=1S/C25H27N7O/c1-16-21(32-13-7-11-19(22(26)33)25(32)28-16)24-29-20-15-31(2)12-6-10-18(20)23(30-24)27-14-17-8-4-3-5-9-17/h3-5,7-9,11,13H,6,10,12,14-15H2,1-2H3,(H2,26,33)(H,27,29,30).